The zero-order valence-corrected chi connectivity index (χ0v) is 10.7. The van der Waals surface area contributed by atoms with E-state index in [1.54, 1.807) is 12.1 Å². The van der Waals surface area contributed by atoms with E-state index in [0.717, 1.165) is 18.8 Å². The Balaban J connectivity index is 2.40. The quantitative estimate of drug-likeness (QED) is 0.636. The molecule has 3 heteroatoms. The second kappa shape index (κ2) is 7.67. The lowest BCUT2D eigenvalue weighted by atomic mass is 10.0. The number of benzene rings is 1. The molecule has 0 saturated carbocycles. The highest BCUT2D eigenvalue weighted by atomic mass is 16.5. The smallest absolute Gasteiger partial charge is 0.385 e. The molecule has 0 N–H and O–H groups in total. The molecule has 1 atom stereocenters. The van der Waals surface area contributed by atoms with Crippen LogP contribution in [0.25, 0.3) is 4.98 Å². The van der Waals surface area contributed by atoms with Crippen molar-refractivity contribution >= 4 is 5.69 Å². The van der Waals surface area contributed by atoms with Gasteiger partial charge in [0.25, 0.3) is 0 Å². The number of nitrogens with zero attached hydrogens (tertiary/aromatic N) is 2. The molecular weight excluding hydrogens is 212 g/mol. The second-order valence-electron chi connectivity index (χ2n) is 4.32. The van der Waals surface area contributed by atoms with Gasteiger partial charge in [0.05, 0.1) is 6.61 Å². The Kier molecular flexibility index (Phi) is 6.09. The molecule has 1 aromatic rings. The summed E-state index contributed by atoms with van der Waals surface area (Å²) in [6, 6.07) is 7.15. The Morgan fingerprint density at radius 3 is 2.47 bits per heavy atom. The number of rotatable bonds is 7. The van der Waals surface area contributed by atoms with Crippen molar-refractivity contribution in [2.75, 3.05) is 6.61 Å². The molecule has 0 bridgehead atoms. The van der Waals surface area contributed by atoms with Crippen molar-refractivity contribution in [2.24, 2.45) is 5.92 Å². The van der Waals surface area contributed by atoms with Crippen molar-refractivity contribution in [1.29, 1.82) is 5.39 Å². The lowest BCUT2D eigenvalue weighted by Gasteiger charge is -2.15. The fourth-order valence-electron chi connectivity index (χ4n) is 1.72. The standard InChI is InChI=1S/C14H21N2O/c1-3-5-6-12(4-2)11-17-14-9-7-13(16-15)8-10-14/h7-10,12H,3-6,11H2,1-2H3/q+1. The molecule has 1 unspecified atom stereocenters. The van der Waals surface area contributed by atoms with E-state index < -0.39 is 0 Å². The van der Waals surface area contributed by atoms with Crippen LogP contribution in [-0.2, 0) is 0 Å². The minimum Gasteiger partial charge on any atom is -0.493 e. The van der Waals surface area contributed by atoms with Crippen molar-refractivity contribution < 1.29 is 4.74 Å². The molecule has 92 valence electrons. The van der Waals surface area contributed by atoms with Gasteiger partial charge >= 0.3 is 5.69 Å². The van der Waals surface area contributed by atoms with Crippen molar-refractivity contribution in [3.63, 3.8) is 0 Å². The van der Waals surface area contributed by atoms with Crippen molar-refractivity contribution in [3.8, 4) is 5.75 Å². The van der Waals surface area contributed by atoms with Gasteiger partial charge in [-0.3, -0.25) is 0 Å². The molecule has 1 rings (SSSR count). The first-order chi connectivity index (χ1) is 8.30. The Labute approximate surface area is 103 Å². The van der Waals surface area contributed by atoms with Crippen molar-refractivity contribution in [2.45, 2.75) is 39.5 Å². The van der Waals surface area contributed by atoms with E-state index in [1.807, 2.05) is 12.1 Å². The summed E-state index contributed by atoms with van der Waals surface area (Å²) in [7, 11) is 0. The van der Waals surface area contributed by atoms with Gasteiger partial charge in [0, 0.05) is 12.1 Å². The molecule has 3 nitrogen and oxygen atoms in total. The summed E-state index contributed by atoms with van der Waals surface area (Å²) in [5.41, 5.74) is 0.551. The average molecular weight is 233 g/mol. The van der Waals surface area contributed by atoms with E-state index in [-0.39, 0.29) is 0 Å². The van der Waals surface area contributed by atoms with E-state index >= 15 is 0 Å². The molecule has 0 heterocycles. The van der Waals surface area contributed by atoms with Gasteiger partial charge < -0.3 is 4.74 Å². The zero-order chi connectivity index (χ0) is 12.5. The Bertz CT molecular complexity index is 353. The van der Waals surface area contributed by atoms with E-state index in [1.165, 1.54) is 19.3 Å². The predicted octanol–water partition coefficient (Wildman–Crippen LogP) is 4.77. The van der Waals surface area contributed by atoms with Gasteiger partial charge in [-0.2, -0.15) is 0 Å². The van der Waals surface area contributed by atoms with Gasteiger partial charge in [-0.05, 0) is 24.5 Å². The normalized spacial score (nSPS) is 11.8. The van der Waals surface area contributed by atoms with Gasteiger partial charge in [-0.15, -0.1) is 0 Å². The van der Waals surface area contributed by atoms with E-state index in [2.05, 4.69) is 18.8 Å². The fraction of sp³-hybridized carbons (Fsp3) is 0.571. The first-order valence-electron chi connectivity index (χ1n) is 6.38. The SMILES string of the molecule is CCCCC(CC)COc1ccc([N+]#N)cc1. The number of ether oxygens (including phenoxy) is 1. The molecule has 0 aliphatic rings. The molecule has 1 aromatic carbocycles. The largest absolute Gasteiger partial charge is 0.493 e. The summed E-state index contributed by atoms with van der Waals surface area (Å²) in [6.45, 7) is 5.19. The second-order valence-corrected chi connectivity index (χ2v) is 4.32. The monoisotopic (exact) mass is 233 g/mol. The van der Waals surface area contributed by atoms with Crippen LogP contribution in [0.1, 0.15) is 39.5 Å². The predicted molar refractivity (Wildman–Crippen MR) is 70.0 cm³/mol. The Hall–Kier alpha value is -1.56. The summed E-state index contributed by atoms with van der Waals surface area (Å²) in [4.78, 5) is 3.11. The van der Waals surface area contributed by atoms with E-state index in [4.69, 9.17) is 10.1 Å². The first kappa shape index (κ1) is 13.5. The number of hydrogen-bond acceptors (Lipinski definition) is 2. The molecule has 0 amide bonds. The Morgan fingerprint density at radius 1 is 1.24 bits per heavy atom. The molecule has 17 heavy (non-hydrogen) atoms. The summed E-state index contributed by atoms with van der Waals surface area (Å²) in [5.74, 6) is 1.48. The van der Waals surface area contributed by atoms with Crippen LogP contribution in [0.5, 0.6) is 5.75 Å². The third-order valence-corrected chi connectivity index (χ3v) is 2.98. The van der Waals surface area contributed by atoms with Crippen LogP contribution < -0.4 is 4.74 Å². The lowest BCUT2D eigenvalue weighted by molar-refractivity contribution is 0.233. The molecule has 0 aromatic heterocycles. The first-order valence-corrected chi connectivity index (χ1v) is 6.38. The van der Waals surface area contributed by atoms with Crippen LogP contribution in [0.3, 0.4) is 0 Å². The topological polar surface area (TPSA) is 37.4 Å². The average Bonchev–Trinajstić information content (AvgIpc) is 2.39. The third kappa shape index (κ3) is 4.86. The summed E-state index contributed by atoms with van der Waals surface area (Å²) in [5, 5.41) is 8.57. The van der Waals surface area contributed by atoms with Crippen LogP contribution in [0.4, 0.5) is 5.69 Å². The lowest BCUT2D eigenvalue weighted by Crippen LogP contribution is -2.11. The molecule has 0 aliphatic carbocycles. The van der Waals surface area contributed by atoms with Gasteiger partial charge in [0.15, 0.2) is 4.98 Å². The fourth-order valence-corrected chi connectivity index (χ4v) is 1.72. The summed E-state index contributed by atoms with van der Waals surface area (Å²) < 4.78 is 5.73. The van der Waals surface area contributed by atoms with Crippen LogP contribution in [-0.4, -0.2) is 6.61 Å². The Morgan fingerprint density at radius 2 is 1.94 bits per heavy atom. The van der Waals surface area contributed by atoms with Gasteiger partial charge in [0.1, 0.15) is 5.75 Å². The molecule has 0 fully saturated rings. The minimum absolute atomic E-state index is 0.551. The van der Waals surface area contributed by atoms with E-state index in [0.29, 0.717) is 11.6 Å². The van der Waals surface area contributed by atoms with Crippen molar-refractivity contribution in [1.82, 2.24) is 0 Å². The van der Waals surface area contributed by atoms with Crippen LogP contribution in [0.2, 0.25) is 0 Å². The summed E-state index contributed by atoms with van der Waals surface area (Å²) >= 11 is 0. The van der Waals surface area contributed by atoms with Gasteiger partial charge in [-0.25, -0.2) is 0 Å². The number of diazo groups is 1. The molecule has 0 aliphatic heterocycles. The number of hydrogen-bond donors (Lipinski definition) is 0. The van der Waals surface area contributed by atoms with Gasteiger partial charge in [-0.1, -0.05) is 33.1 Å². The van der Waals surface area contributed by atoms with Crippen LogP contribution >= 0.6 is 0 Å². The maximum atomic E-state index is 8.57. The minimum atomic E-state index is 0.551. The van der Waals surface area contributed by atoms with Crippen LogP contribution in [0.15, 0.2) is 24.3 Å². The molecule has 0 saturated heterocycles. The van der Waals surface area contributed by atoms with E-state index in [9.17, 15) is 0 Å². The van der Waals surface area contributed by atoms with Gasteiger partial charge in [0.2, 0.25) is 5.39 Å². The molecule has 0 spiro atoms. The third-order valence-electron chi connectivity index (χ3n) is 2.98. The molecule has 0 radical (unpaired) electrons. The van der Waals surface area contributed by atoms with Crippen LogP contribution in [0, 0.1) is 11.3 Å². The highest BCUT2D eigenvalue weighted by Gasteiger charge is 2.08. The highest BCUT2D eigenvalue weighted by Crippen LogP contribution is 2.20. The molecular formula is C14H21N2O+. The highest BCUT2D eigenvalue weighted by molar-refractivity contribution is 5.46. The van der Waals surface area contributed by atoms with Crippen molar-refractivity contribution in [3.05, 3.63) is 29.2 Å². The maximum Gasteiger partial charge on any atom is 0.385 e. The maximum absolute atomic E-state index is 8.57. The summed E-state index contributed by atoms with van der Waals surface area (Å²) in [6.07, 6.45) is 4.90. The zero-order valence-electron chi connectivity index (χ0n) is 10.7. The number of unbranched alkanes of at least 4 members (excludes halogenated alkanes) is 1.